The lowest BCUT2D eigenvalue weighted by molar-refractivity contribution is -0.279. The lowest BCUT2D eigenvalue weighted by Crippen LogP contribution is -2.73. The number of ketones is 1. The van der Waals surface area contributed by atoms with Crippen LogP contribution in [0.5, 0.6) is 0 Å². The molecular weight excluding hydrogens is 288 g/mol. The van der Waals surface area contributed by atoms with Gasteiger partial charge in [-0.05, 0) is 27.2 Å². The van der Waals surface area contributed by atoms with E-state index in [2.05, 4.69) is 0 Å². The molecule has 3 aliphatic carbocycles. The quantitative estimate of drug-likeness (QED) is 0.578. The molecule has 2 bridgehead atoms. The van der Waals surface area contributed by atoms with E-state index in [1.807, 2.05) is 27.7 Å². The number of hydrogen-bond acceptors (Lipinski definition) is 6. The number of aliphatic hydroxyl groups excluding tert-OH is 1. The van der Waals surface area contributed by atoms with Gasteiger partial charge in [0.25, 0.3) is 0 Å². The van der Waals surface area contributed by atoms with Crippen molar-refractivity contribution in [3.8, 4) is 0 Å². The Kier molecular flexibility index (Phi) is 4.73. The average molecular weight is 316 g/mol. The van der Waals surface area contributed by atoms with Crippen LogP contribution >= 0.6 is 0 Å². The average Bonchev–Trinajstić information content (AvgIpc) is 2.38. The molecule has 3 fully saturated rings. The molecule has 0 spiro atoms. The zero-order valence-corrected chi connectivity index (χ0v) is 14.1. The number of carbonyl (C=O) groups is 1. The summed E-state index contributed by atoms with van der Waals surface area (Å²) >= 11 is 0. The third-order valence-corrected chi connectivity index (χ3v) is 4.86. The molecule has 128 valence electrons. The van der Waals surface area contributed by atoms with Gasteiger partial charge in [-0.3, -0.25) is 4.79 Å². The molecule has 2 N–H and O–H groups in total. The maximum atomic E-state index is 12.4. The standard InChI is InChI=1S/C16H28O6/c1-14(2,3)22-12-6-10-11(17)7-15(12,4)13(18)16(10,19)8-21-9-20-5/h10,12-13,18-19H,6-9H2,1-5H3/t10-,12+,13-,15-,16+/m1/s1. The molecule has 6 nitrogen and oxygen atoms in total. The van der Waals surface area contributed by atoms with E-state index in [0.29, 0.717) is 6.42 Å². The second-order valence-electron chi connectivity index (χ2n) is 7.80. The molecule has 6 heteroatoms. The van der Waals surface area contributed by atoms with Crippen LogP contribution in [0.1, 0.15) is 40.5 Å². The predicted molar refractivity (Wildman–Crippen MR) is 79.2 cm³/mol. The summed E-state index contributed by atoms with van der Waals surface area (Å²) in [5.41, 5.74) is -2.77. The number of carbonyl (C=O) groups excluding carboxylic acids is 1. The second-order valence-corrected chi connectivity index (χ2v) is 7.80. The highest BCUT2D eigenvalue weighted by atomic mass is 16.7. The second kappa shape index (κ2) is 5.83. The molecule has 3 rings (SSSR count). The van der Waals surface area contributed by atoms with Crippen molar-refractivity contribution in [1.82, 2.24) is 0 Å². The van der Waals surface area contributed by atoms with Gasteiger partial charge in [0, 0.05) is 18.9 Å². The van der Waals surface area contributed by atoms with Gasteiger partial charge >= 0.3 is 0 Å². The van der Waals surface area contributed by atoms with Gasteiger partial charge in [-0.15, -0.1) is 0 Å². The maximum Gasteiger partial charge on any atom is 0.146 e. The Morgan fingerprint density at radius 1 is 1.36 bits per heavy atom. The Morgan fingerprint density at radius 3 is 2.55 bits per heavy atom. The fourth-order valence-electron chi connectivity index (χ4n) is 3.82. The van der Waals surface area contributed by atoms with Crippen LogP contribution in [0, 0.1) is 11.3 Å². The molecule has 0 aromatic heterocycles. The van der Waals surface area contributed by atoms with E-state index in [-0.39, 0.29) is 37.3 Å². The minimum absolute atomic E-state index is 0.00851. The number of aliphatic hydroxyl groups is 2. The Bertz CT molecular complexity index is 431. The van der Waals surface area contributed by atoms with Crippen molar-refractivity contribution in [3.63, 3.8) is 0 Å². The van der Waals surface area contributed by atoms with Crippen LogP contribution in [0.15, 0.2) is 0 Å². The van der Waals surface area contributed by atoms with Gasteiger partial charge in [0.15, 0.2) is 0 Å². The van der Waals surface area contributed by atoms with Gasteiger partial charge in [0.2, 0.25) is 0 Å². The van der Waals surface area contributed by atoms with Crippen molar-refractivity contribution in [2.45, 2.75) is 63.9 Å². The van der Waals surface area contributed by atoms with Gasteiger partial charge < -0.3 is 24.4 Å². The van der Waals surface area contributed by atoms with E-state index in [1.54, 1.807) is 0 Å². The summed E-state index contributed by atoms with van der Waals surface area (Å²) in [6.07, 6.45) is -0.739. The first-order valence-corrected chi connectivity index (χ1v) is 7.72. The molecule has 5 atom stereocenters. The number of rotatable bonds is 5. The van der Waals surface area contributed by atoms with Crippen molar-refractivity contribution < 1.29 is 29.2 Å². The van der Waals surface area contributed by atoms with Crippen LogP contribution in [0.4, 0.5) is 0 Å². The summed E-state index contributed by atoms with van der Waals surface area (Å²) in [5, 5.41) is 21.7. The highest BCUT2D eigenvalue weighted by Gasteiger charge is 2.67. The number of ether oxygens (including phenoxy) is 3. The van der Waals surface area contributed by atoms with Crippen molar-refractivity contribution in [2.75, 3.05) is 20.5 Å². The fraction of sp³-hybridized carbons (Fsp3) is 0.938. The summed E-state index contributed by atoms with van der Waals surface area (Å²) in [6, 6.07) is 0. The van der Waals surface area contributed by atoms with Gasteiger partial charge in [0.1, 0.15) is 18.2 Å². The fourth-order valence-corrected chi connectivity index (χ4v) is 3.82. The lowest BCUT2D eigenvalue weighted by atomic mass is 9.51. The maximum absolute atomic E-state index is 12.4. The summed E-state index contributed by atoms with van der Waals surface area (Å²) in [7, 11) is 1.48. The minimum atomic E-state index is -1.58. The first-order valence-electron chi connectivity index (χ1n) is 7.72. The molecule has 0 heterocycles. The first-order chi connectivity index (χ1) is 10.0. The lowest BCUT2D eigenvalue weighted by Gasteiger charge is -2.60. The Morgan fingerprint density at radius 2 is 2.00 bits per heavy atom. The van der Waals surface area contributed by atoms with E-state index in [0.717, 1.165) is 0 Å². The van der Waals surface area contributed by atoms with Gasteiger partial charge in [-0.2, -0.15) is 0 Å². The summed E-state index contributed by atoms with van der Waals surface area (Å²) in [5.74, 6) is -0.710. The molecule has 0 saturated heterocycles. The number of fused-ring (bicyclic) bond motifs is 3. The Balaban J connectivity index is 2.25. The smallest absolute Gasteiger partial charge is 0.146 e. The molecule has 22 heavy (non-hydrogen) atoms. The van der Waals surface area contributed by atoms with Crippen LogP contribution in [-0.4, -0.2) is 59.9 Å². The number of methoxy groups -OCH3 is 1. The summed E-state index contributed by atoms with van der Waals surface area (Å²) < 4.78 is 16.1. The predicted octanol–water partition coefficient (Wildman–Crippen LogP) is 0.882. The van der Waals surface area contributed by atoms with Gasteiger partial charge in [-0.25, -0.2) is 0 Å². The van der Waals surface area contributed by atoms with Crippen molar-refractivity contribution in [2.24, 2.45) is 11.3 Å². The van der Waals surface area contributed by atoms with Crippen LogP contribution in [0.3, 0.4) is 0 Å². The highest BCUT2D eigenvalue weighted by molar-refractivity contribution is 5.85. The highest BCUT2D eigenvalue weighted by Crippen LogP contribution is 2.55. The Labute approximate surface area is 131 Å². The van der Waals surface area contributed by atoms with E-state index >= 15 is 0 Å². The van der Waals surface area contributed by atoms with E-state index < -0.39 is 23.0 Å². The van der Waals surface area contributed by atoms with Crippen molar-refractivity contribution in [3.05, 3.63) is 0 Å². The molecule has 3 aliphatic rings. The van der Waals surface area contributed by atoms with Gasteiger partial charge in [-0.1, -0.05) is 6.92 Å². The molecule has 3 saturated carbocycles. The molecular formula is C16H28O6. The van der Waals surface area contributed by atoms with E-state index in [1.165, 1.54) is 7.11 Å². The molecule has 0 radical (unpaired) electrons. The zero-order valence-electron chi connectivity index (χ0n) is 14.1. The van der Waals surface area contributed by atoms with Crippen LogP contribution < -0.4 is 0 Å². The zero-order chi connectivity index (χ0) is 16.8. The normalized spacial score (nSPS) is 42.0. The topological polar surface area (TPSA) is 85.2 Å². The van der Waals surface area contributed by atoms with E-state index in [4.69, 9.17) is 14.2 Å². The minimum Gasteiger partial charge on any atom is -0.389 e. The first kappa shape index (κ1) is 17.8. The molecule has 0 amide bonds. The van der Waals surface area contributed by atoms with Crippen LogP contribution in [0.25, 0.3) is 0 Å². The molecule has 0 aromatic carbocycles. The third kappa shape index (κ3) is 2.95. The third-order valence-electron chi connectivity index (χ3n) is 4.86. The SMILES string of the molecule is COCOC[C@]1(O)[C@@H]2C[C@H](OC(C)(C)C)[C@@](C)(CC2=O)[C@H]1O. The number of hydrogen-bond donors (Lipinski definition) is 2. The molecule has 0 aromatic rings. The largest absolute Gasteiger partial charge is 0.389 e. The summed E-state index contributed by atoms with van der Waals surface area (Å²) in [6.45, 7) is 7.52. The van der Waals surface area contributed by atoms with Gasteiger partial charge in [0.05, 0.1) is 30.3 Å². The molecule has 0 aliphatic heterocycles. The Hall–Kier alpha value is -0.530. The van der Waals surface area contributed by atoms with E-state index in [9.17, 15) is 15.0 Å². The number of Topliss-reactive ketones (excluding diaryl/α,β-unsaturated/α-hetero) is 1. The van der Waals surface area contributed by atoms with Crippen LogP contribution in [0.2, 0.25) is 0 Å². The summed E-state index contributed by atoms with van der Waals surface area (Å²) in [4.78, 5) is 12.4. The monoisotopic (exact) mass is 316 g/mol. The van der Waals surface area contributed by atoms with Crippen molar-refractivity contribution >= 4 is 5.78 Å². The molecule has 0 unspecified atom stereocenters. The van der Waals surface area contributed by atoms with Crippen LogP contribution in [-0.2, 0) is 19.0 Å². The van der Waals surface area contributed by atoms with Crippen molar-refractivity contribution in [1.29, 1.82) is 0 Å².